The van der Waals surface area contributed by atoms with Crippen LogP contribution in [0.2, 0.25) is 0 Å². The van der Waals surface area contributed by atoms with Gasteiger partial charge in [0.05, 0.1) is 26.7 Å². The maximum atomic E-state index is 12.8. The van der Waals surface area contributed by atoms with Gasteiger partial charge in [0.1, 0.15) is 11.5 Å². The predicted octanol–water partition coefficient (Wildman–Crippen LogP) is 3.78. The Morgan fingerprint density at radius 1 is 0.931 bits per heavy atom. The van der Waals surface area contributed by atoms with E-state index in [0.717, 1.165) is 39.7 Å². The van der Waals surface area contributed by atoms with Gasteiger partial charge in [0.2, 0.25) is 6.79 Å². The zero-order valence-electron chi connectivity index (χ0n) is 17.0. The summed E-state index contributed by atoms with van der Waals surface area (Å²) in [6.07, 6.45) is 0. The Bertz CT molecular complexity index is 972. The Morgan fingerprint density at radius 2 is 1.55 bits per heavy atom. The molecule has 2 heterocycles. The van der Waals surface area contributed by atoms with Crippen LogP contribution in [0.4, 0.5) is 0 Å². The second-order valence-electron chi connectivity index (χ2n) is 7.97. The second-order valence-corrected chi connectivity index (χ2v) is 7.97. The van der Waals surface area contributed by atoms with E-state index < -0.39 is 0 Å². The molecule has 0 spiro atoms. The third kappa shape index (κ3) is 2.58. The molecule has 1 fully saturated rings. The number of carbonyl (C=O) groups is 1. The van der Waals surface area contributed by atoms with Gasteiger partial charge in [0.25, 0.3) is 0 Å². The Balaban J connectivity index is 1.75. The number of ether oxygens (including phenoxy) is 5. The SMILES string of the molecule is COc1cc([C@@H]2c3cc4c(cc3[C@@H](C)C3COC(=O)[C@@H]32)OCO4)cc(OC)c1C. The van der Waals surface area contributed by atoms with Crippen molar-refractivity contribution in [1.82, 2.24) is 0 Å². The van der Waals surface area contributed by atoms with E-state index in [1.54, 1.807) is 14.2 Å². The molecule has 2 aromatic carbocycles. The summed E-state index contributed by atoms with van der Waals surface area (Å²) in [4.78, 5) is 12.8. The van der Waals surface area contributed by atoms with Crippen LogP contribution in [-0.2, 0) is 9.53 Å². The molecular formula is C23H24O6. The highest BCUT2D eigenvalue weighted by molar-refractivity contribution is 5.79. The molecule has 6 nitrogen and oxygen atoms in total. The number of benzene rings is 2. The first kappa shape index (κ1) is 18.2. The maximum absolute atomic E-state index is 12.8. The minimum Gasteiger partial charge on any atom is -0.496 e. The maximum Gasteiger partial charge on any atom is 0.310 e. The number of fused-ring (bicyclic) bond motifs is 3. The third-order valence-electron chi connectivity index (χ3n) is 6.69. The summed E-state index contributed by atoms with van der Waals surface area (Å²) in [6.45, 7) is 4.78. The first-order valence-electron chi connectivity index (χ1n) is 9.86. The zero-order valence-corrected chi connectivity index (χ0v) is 17.0. The van der Waals surface area contributed by atoms with Gasteiger partial charge >= 0.3 is 5.97 Å². The van der Waals surface area contributed by atoms with Crippen LogP contribution in [0.25, 0.3) is 0 Å². The Hall–Kier alpha value is -2.89. The average molecular weight is 396 g/mol. The van der Waals surface area contributed by atoms with Crippen LogP contribution < -0.4 is 18.9 Å². The van der Waals surface area contributed by atoms with Crippen molar-refractivity contribution in [3.63, 3.8) is 0 Å². The van der Waals surface area contributed by atoms with Gasteiger partial charge < -0.3 is 23.7 Å². The molecule has 0 N–H and O–H groups in total. The van der Waals surface area contributed by atoms with Crippen molar-refractivity contribution in [3.8, 4) is 23.0 Å². The van der Waals surface area contributed by atoms with Crippen LogP contribution in [0, 0.1) is 18.8 Å². The summed E-state index contributed by atoms with van der Waals surface area (Å²) in [5, 5.41) is 0. The molecule has 1 aliphatic carbocycles. The number of methoxy groups -OCH3 is 2. The summed E-state index contributed by atoms with van der Waals surface area (Å²) in [7, 11) is 3.29. The highest BCUT2D eigenvalue weighted by Gasteiger charge is 2.51. The number of rotatable bonds is 3. The molecule has 0 radical (unpaired) electrons. The van der Waals surface area contributed by atoms with Crippen molar-refractivity contribution in [2.75, 3.05) is 27.6 Å². The summed E-state index contributed by atoms with van der Waals surface area (Å²) in [6, 6.07) is 8.11. The molecule has 3 aliphatic rings. The Morgan fingerprint density at radius 3 is 2.17 bits per heavy atom. The van der Waals surface area contributed by atoms with E-state index in [4.69, 9.17) is 23.7 Å². The first-order chi connectivity index (χ1) is 14.0. The van der Waals surface area contributed by atoms with Gasteiger partial charge in [-0.25, -0.2) is 0 Å². The molecule has 0 bridgehead atoms. The molecule has 152 valence electrons. The molecule has 2 aromatic rings. The van der Waals surface area contributed by atoms with Crippen LogP contribution in [-0.4, -0.2) is 33.6 Å². The van der Waals surface area contributed by atoms with Crippen molar-refractivity contribution in [1.29, 1.82) is 0 Å². The summed E-state index contributed by atoms with van der Waals surface area (Å²) in [5.41, 5.74) is 4.16. The Labute approximate surface area is 169 Å². The van der Waals surface area contributed by atoms with Crippen LogP contribution in [0.1, 0.15) is 41.0 Å². The summed E-state index contributed by atoms with van der Waals surface area (Å²) < 4.78 is 28.0. The molecule has 1 unspecified atom stereocenters. The van der Waals surface area contributed by atoms with Crippen molar-refractivity contribution >= 4 is 5.97 Å². The lowest BCUT2D eigenvalue weighted by atomic mass is 9.63. The minimum atomic E-state index is -0.255. The Kier molecular flexibility index (Phi) is 4.12. The minimum absolute atomic E-state index is 0.110. The van der Waals surface area contributed by atoms with Gasteiger partial charge in [-0.15, -0.1) is 0 Å². The fourth-order valence-corrected chi connectivity index (χ4v) is 5.13. The van der Waals surface area contributed by atoms with Crippen molar-refractivity contribution in [3.05, 3.63) is 46.5 Å². The molecule has 0 saturated carbocycles. The molecule has 29 heavy (non-hydrogen) atoms. The lowest BCUT2D eigenvalue weighted by molar-refractivity contribution is -0.141. The molecule has 6 heteroatoms. The van der Waals surface area contributed by atoms with Crippen LogP contribution >= 0.6 is 0 Å². The zero-order chi connectivity index (χ0) is 20.3. The lowest BCUT2D eigenvalue weighted by Gasteiger charge is -2.38. The fourth-order valence-electron chi connectivity index (χ4n) is 5.13. The van der Waals surface area contributed by atoms with Gasteiger partial charge in [0.15, 0.2) is 11.5 Å². The predicted molar refractivity (Wildman–Crippen MR) is 105 cm³/mol. The van der Waals surface area contributed by atoms with Crippen molar-refractivity contribution in [2.45, 2.75) is 25.7 Å². The van der Waals surface area contributed by atoms with Gasteiger partial charge in [-0.3, -0.25) is 4.79 Å². The van der Waals surface area contributed by atoms with Crippen LogP contribution in [0.3, 0.4) is 0 Å². The van der Waals surface area contributed by atoms with E-state index in [1.165, 1.54) is 5.56 Å². The molecule has 1 saturated heterocycles. The quantitative estimate of drug-likeness (QED) is 0.736. The van der Waals surface area contributed by atoms with E-state index in [0.29, 0.717) is 6.61 Å². The van der Waals surface area contributed by atoms with Crippen molar-refractivity contribution < 1.29 is 28.5 Å². The molecule has 0 amide bonds. The number of esters is 1. The van der Waals surface area contributed by atoms with Gasteiger partial charge in [0, 0.05) is 17.4 Å². The molecule has 4 atom stereocenters. The summed E-state index contributed by atoms with van der Waals surface area (Å²) in [5.74, 6) is 2.68. The third-order valence-corrected chi connectivity index (χ3v) is 6.69. The van der Waals surface area contributed by atoms with E-state index in [1.807, 2.05) is 25.1 Å². The normalized spacial score (nSPS) is 26.6. The number of hydrogen-bond donors (Lipinski definition) is 0. The fraction of sp³-hybridized carbons (Fsp3) is 0.435. The highest BCUT2D eigenvalue weighted by atomic mass is 16.7. The lowest BCUT2D eigenvalue weighted by Crippen LogP contribution is -2.33. The van der Waals surface area contributed by atoms with E-state index in [-0.39, 0.29) is 36.4 Å². The summed E-state index contributed by atoms with van der Waals surface area (Å²) >= 11 is 0. The molecule has 5 rings (SSSR count). The van der Waals surface area contributed by atoms with Crippen LogP contribution in [0.15, 0.2) is 24.3 Å². The van der Waals surface area contributed by atoms with Crippen molar-refractivity contribution in [2.24, 2.45) is 11.8 Å². The molecule has 2 aliphatic heterocycles. The van der Waals surface area contributed by atoms with Gasteiger partial charge in [-0.2, -0.15) is 0 Å². The van der Waals surface area contributed by atoms with E-state index >= 15 is 0 Å². The average Bonchev–Trinajstić information content (AvgIpc) is 3.34. The van der Waals surface area contributed by atoms with Gasteiger partial charge in [-0.05, 0) is 53.8 Å². The largest absolute Gasteiger partial charge is 0.496 e. The second kappa shape index (κ2) is 6.58. The van der Waals surface area contributed by atoms with Gasteiger partial charge in [-0.1, -0.05) is 6.92 Å². The monoisotopic (exact) mass is 396 g/mol. The number of carbonyl (C=O) groups excluding carboxylic acids is 1. The first-order valence-corrected chi connectivity index (χ1v) is 9.86. The number of cyclic esters (lactones) is 1. The smallest absolute Gasteiger partial charge is 0.310 e. The topological polar surface area (TPSA) is 63.2 Å². The molecular weight excluding hydrogens is 372 g/mol. The highest BCUT2D eigenvalue weighted by Crippen LogP contribution is 2.55. The standard InChI is InChI=1S/C23H24O6/c1-11-14-7-19-20(29-10-28-19)8-15(14)21(22-16(11)9-27-23(22)24)13-5-17(25-3)12(2)18(6-13)26-4/h5-8,11,16,21-22H,9-10H2,1-4H3/t11-,16?,21-,22+/m1/s1. The van der Waals surface area contributed by atoms with Crippen LogP contribution in [0.5, 0.6) is 23.0 Å². The van der Waals surface area contributed by atoms with E-state index in [9.17, 15) is 4.79 Å². The van der Waals surface area contributed by atoms with E-state index in [2.05, 4.69) is 13.0 Å². The molecule has 0 aromatic heterocycles. The number of hydrogen-bond acceptors (Lipinski definition) is 6.